The van der Waals surface area contributed by atoms with Crippen LogP contribution in [0.25, 0.3) is 22.0 Å². The first-order chi connectivity index (χ1) is 6.74. The standard InChI is InChI=1S/C10H9N3O/c1-6-12-8-4-7-2-3-13(11)9(7)5-10(8)14-6/h2-5H,11H2,1H3. The number of nitrogen functional groups attached to an aromatic ring is 1. The number of benzene rings is 1. The van der Waals surface area contributed by atoms with Crippen LogP contribution in [0.15, 0.2) is 28.8 Å². The van der Waals surface area contributed by atoms with Gasteiger partial charge in [0, 0.05) is 24.6 Å². The number of nitrogens with zero attached hydrogens (tertiary/aromatic N) is 2. The van der Waals surface area contributed by atoms with Crippen LogP contribution in [0.5, 0.6) is 0 Å². The molecule has 3 aromatic rings. The highest BCUT2D eigenvalue weighted by Crippen LogP contribution is 2.22. The summed E-state index contributed by atoms with van der Waals surface area (Å²) in [7, 11) is 0. The molecule has 0 aliphatic carbocycles. The number of oxazole rings is 1. The van der Waals surface area contributed by atoms with Crippen LogP contribution >= 0.6 is 0 Å². The lowest BCUT2D eigenvalue weighted by atomic mass is 10.2. The molecule has 14 heavy (non-hydrogen) atoms. The fourth-order valence-corrected chi connectivity index (χ4v) is 1.69. The van der Waals surface area contributed by atoms with Gasteiger partial charge in [-0.3, -0.25) is 4.68 Å². The molecule has 3 rings (SSSR count). The molecule has 2 heterocycles. The molecule has 0 bridgehead atoms. The van der Waals surface area contributed by atoms with E-state index in [-0.39, 0.29) is 0 Å². The summed E-state index contributed by atoms with van der Waals surface area (Å²) in [5, 5.41) is 1.08. The number of rotatable bonds is 0. The summed E-state index contributed by atoms with van der Waals surface area (Å²) in [6, 6.07) is 5.84. The molecule has 0 spiro atoms. The van der Waals surface area contributed by atoms with Crippen molar-refractivity contribution in [1.29, 1.82) is 0 Å². The van der Waals surface area contributed by atoms with Gasteiger partial charge in [0.2, 0.25) is 0 Å². The molecule has 2 aromatic heterocycles. The first-order valence-electron chi connectivity index (χ1n) is 4.37. The Morgan fingerprint density at radius 1 is 1.43 bits per heavy atom. The molecule has 0 unspecified atom stereocenters. The van der Waals surface area contributed by atoms with Gasteiger partial charge in [0.05, 0.1) is 5.52 Å². The smallest absolute Gasteiger partial charge is 0.192 e. The molecule has 0 aliphatic rings. The van der Waals surface area contributed by atoms with Crippen LogP contribution in [0.4, 0.5) is 0 Å². The number of aryl methyl sites for hydroxylation is 1. The van der Waals surface area contributed by atoms with E-state index in [1.807, 2.05) is 31.3 Å². The van der Waals surface area contributed by atoms with Crippen LogP contribution in [-0.4, -0.2) is 9.66 Å². The predicted octanol–water partition coefficient (Wildman–Crippen LogP) is 1.80. The Hall–Kier alpha value is -1.97. The van der Waals surface area contributed by atoms with Gasteiger partial charge in [-0.25, -0.2) is 4.98 Å². The Bertz CT molecular complexity index is 620. The SMILES string of the molecule is Cc1nc2cc3ccn(N)c3cc2o1. The molecule has 0 amide bonds. The lowest BCUT2D eigenvalue weighted by molar-refractivity contribution is 0.561. The third-order valence-corrected chi connectivity index (χ3v) is 2.34. The van der Waals surface area contributed by atoms with Crippen LogP contribution < -0.4 is 5.84 Å². The summed E-state index contributed by atoms with van der Waals surface area (Å²) in [6.45, 7) is 1.83. The van der Waals surface area contributed by atoms with Crippen molar-refractivity contribution in [2.75, 3.05) is 5.84 Å². The summed E-state index contributed by atoms with van der Waals surface area (Å²) >= 11 is 0. The maximum Gasteiger partial charge on any atom is 0.192 e. The summed E-state index contributed by atoms with van der Waals surface area (Å²) < 4.78 is 7.00. The zero-order valence-electron chi connectivity index (χ0n) is 7.69. The average molecular weight is 187 g/mol. The topological polar surface area (TPSA) is 57.0 Å². The van der Waals surface area contributed by atoms with Crippen LogP contribution in [-0.2, 0) is 0 Å². The van der Waals surface area contributed by atoms with Gasteiger partial charge in [-0.2, -0.15) is 0 Å². The van der Waals surface area contributed by atoms with Crippen LogP contribution in [0, 0.1) is 6.92 Å². The summed E-state index contributed by atoms with van der Waals surface area (Å²) in [5.41, 5.74) is 2.61. The van der Waals surface area contributed by atoms with E-state index in [2.05, 4.69) is 4.98 Å². The van der Waals surface area contributed by atoms with Crippen molar-refractivity contribution < 1.29 is 4.42 Å². The lowest BCUT2D eigenvalue weighted by Gasteiger charge is -1.94. The Morgan fingerprint density at radius 3 is 3.14 bits per heavy atom. The Labute approximate surface area is 79.9 Å². The van der Waals surface area contributed by atoms with E-state index in [0.29, 0.717) is 5.89 Å². The summed E-state index contributed by atoms with van der Waals surface area (Å²) in [4.78, 5) is 4.26. The van der Waals surface area contributed by atoms with Crippen LogP contribution in [0.3, 0.4) is 0 Å². The minimum Gasteiger partial charge on any atom is -0.441 e. The fourth-order valence-electron chi connectivity index (χ4n) is 1.69. The Balaban J connectivity index is 2.52. The Kier molecular flexibility index (Phi) is 1.21. The van der Waals surface area contributed by atoms with Gasteiger partial charge in [0.15, 0.2) is 11.5 Å². The van der Waals surface area contributed by atoms with Gasteiger partial charge in [-0.05, 0) is 12.1 Å². The molecule has 0 fully saturated rings. The number of hydrogen-bond acceptors (Lipinski definition) is 3. The molecule has 4 heteroatoms. The van der Waals surface area contributed by atoms with Crippen molar-refractivity contribution in [3.63, 3.8) is 0 Å². The molecule has 4 nitrogen and oxygen atoms in total. The fraction of sp³-hybridized carbons (Fsp3) is 0.100. The molecule has 0 saturated carbocycles. The number of fused-ring (bicyclic) bond motifs is 2. The zero-order chi connectivity index (χ0) is 9.71. The lowest BCUT2D eigenvalue weighted by Crippen LogP contribution is -2.04. The first-order valence-corrected chi connectivity index (χ1v) is 4.37. The quantitative estimate of drug-likeness (QED) is 0.546. The maximum absolute atomic E-state index is 5.73. The molecule has 70 valence electrons. The largest absolute Gasteiger partial charge is 0.441 e. The van der Waals surface area contributed by atoms with Crippen LogP contribution in [0.2, 0.25) is 0 Å². The van der Waals surface area contributed by atoms with Crippen molar-refractivity contribution in [2.24, 2.45) is 0 Å². The van der Waals surface area contributed by atoms with Crippen molar-refractivity contribution in [1.82, 2.24) is 9.66 Å². The van der Waals surface area contributed by atoms with E-state index in [4.69, 9.17) is 10.3 Å². The van der Waals surface area contributed by atoms with E-state index in [1.54, 1.807) is 4.68 Å². The number of nitrogens with two attached hydrogens (primary N) is 1. The van der Waals surface area contributed by atoms with E-state index in [9.17, 15) is 0 Å². The van der Waals surface area contributed by atoms with Crippen LogP contribution in [0.1, 0.15) is 5.89 Å². The molecule has 0 saturated heterocycles. The van der Waals surface area contributed by atoms with Crippen molar-refractivity contribution in [2.45, 2.75) is 6.92 Å². The monoisotopic (exact) mass is 187 g/mol. The second kappa shape index (κ2) is 2.29. The molecule has 0 aliphatic heterocycles. The molecule has 0 radical (unpaired) electrons. The zero-order valence-corrected chi connectivity index (χ0v) is 7.69. The molecule has 2 N–H and O–H groups in total. The normalized spacial score (nSPS) is 11.5. The number of aromatic nitrogens is 2. The van der Waals surface area contributed by atoms with Gasteiger partial charge >= 0.3 is 0 Å². The highest BCUT2D eigenvalue weighted by Gasteiger charge is 2.06. The van der Waals surface area contributed by atoms with Gasteiger partial charge in [0.1, 0.15) is 5.52 Å². The van der Waals surface area contributed by atoms with E-state index in [0.717, 1.165) is 22.0 Å². The Morgan fingerprint density at radius 2 is 2.29 bits per heavy atom. The van der Waals surface area contributed by atoms with E-state index in [1.165, 1.54) is 0 Å². The van der Waals surface area contributed by atoms with E-state index < -0.39 is 0 Å². The van der Waals surface area contributed by atoms with Gasteiger partial charge in [-0.1, -0.05) is 0 Å². The minimum absolute atomic E-state index is 0.677. The van der Waals surface area contributed by atoms with Crippen molar-refractivity contribution in [3.8, 4) is 0 Å². The second-order valence-corrected chi connectivity index (χ2v) is 3.33. The second-order valence-electron chi connectivity index (χ2n) is 3.33. The molecule has 1 aromatic carbocycles. The number of hydrogen-bond donors (Lipinski definition) is 1. The van der Waals surface area contributed by atoms with Crippen molar-refractivity contribution in [3.05, 3.63) is 30.3 Å². The van der Waals surface area contributed by atoms with Gasteiger partial charge < -0.3 is 10.3 Å². The molecular formula is C10H9N3O. The third kappa shape index (κ3) is 0.849. The molecule has 0 atom stereocenters. The molecular weight excluding hydrogens is 178 g/mol. The van der Waals surface area contributed by atoms with Gasteiger partial charge in [-0.15, -0.1) is 0 Å². The minimum atomic E-state index is 0.677. The third-order valence-electron chi connectivity index (χ3n) is 2.34. The first kappa shape index (κ1) is 7.44. The highest BCUT2D eigenvalue weighted by molar-refractivity contribution is 5.92. The summed E-state index contributed by atoms with van der Waals surface area (Å²) in [6.07, 6.45) is 1.82. The summed E-state index contributed by atoms with van der Waals surface area (Å²) in [5.74, 6) is 6.41. The van der Waals surface area contributed by atoms with E-state index >= 15 is 0 Å². The maximum atomic E-state index is 5.73. The van der Waals surface area contributed by atoms with Gasteiger partial charge in [0.25, 0.3) is 0 Å². The highest BCUT2D eigenvalue weighted by atomic mass is 16.3. The average Bonchev–Trinajstić information content (AvgIpc) is 2.66. The van der Waals surface area contributed by atoms with Crippen molar-refractivity contribution >= 4 is 22.0 Å². The predicted molar refractivity (Wildman–Crippen MR) is 54.4 cm³/mol.